The molecule has 0 aliphatic rings. The Morgan fingerprint density at radius 2 is 1.11 bits per heavy atom. The van der Waals surface area contributed by atoms with E-state index in [-0.39, 0.29) is 13.2 Å². The van der Waals surface area contributed by atoms with Crippen LogP contribution in [-0.4, -0.2) is 24.3 Å². The average Bonchev–Trinajstić information content (AvgIpc) is 2.42. The van der Waals surface area contributed by atoms with Crippen LogP contribution < -0.4 is 11.5 Å². The molecule has 0 aliphatic heterocycles. The van der Waals surface area contributed by atoms with E-state index < -0.39 is 19.3 Å². The van der Waals surface area contributed by atoms with Gasteiger partial charge in [0.15, 0.2) is 0 Å². The van der Waals surface area contributed by atoms with E-state index in [4.69, 9.17) is 20.5 Å². The first-order valence-electron chi connectivity index (χ1n) is 6.65. The van der Waals surface area contributed by atoms with Crippen LogP contribution in [0.5, 0.6) is 0 Å². The zero-order chi connectivity index (χ0) is 14.2. The maximum atomic E-state index is 11.6. The van der Waals surface area contributed by atoms with Crippen LogP contribution in [0.1, 0.15) is 53.4 Å². The van der Waals surface area contributed by atoms with E-state index in [9.17, 15) is 4.57 Å². The topological polar surface area (TPSA) is 87.6 Å². The number of rotatable bonds is 10. The molecule has 0 aromatic heterocycles. The average molecular weight is 279 g/mol. The highest BCUT2D eigenvalue weighted by molar-refractivity contribution is 7.33. The third-order valence-corrected chi connectivity index (χ3v) is 4.41. The van der Waals surface area contributed by atoms with Gasteiger partial charge in [0.25, 0.3) is 0 Å². The van der Waals surface area contributed by atoms with E-state index >= 15 is 0 Å². The molecule has 0 atom stereocenters. The summed E-state index contributed by atoms with van der Waals surface area (Å²) in [6.45, 7) is 8.43. The Kier molecular flexibility index (Phi) is 8.15. The van der Waals surface area contributed by atoms with Gasteiger partial charge in [-0.15, -0.1) is 9.05 Å². The molecule has 5 nitrogen and oxygen atoms in total. The predicted molar refractivity (Wildman–Crippen MR) is 74.5 cm³/mol. The monoisotopic (exact) mass is 279 g/mol. The highest BCUT2D eigenvalue weighted by Gasteiger charge is 2.32. The molecule has 0 rings (SSSR count). The van der Waals surface area contributed by atoms with Crippen molar-refractivity contribution < 1.29 is 13.6 Å². The fourth-order valence-electron chi connectivity index (χ4n) is 1.31. The van der Waals surface area contributed by atoms with E-state index in [0.717, 1.165) is 25.7 Å². The first-order chi connectivity index (χ1) is 8.34. The zero-order valence-corrected chi connectivity index (χ0v) is 13.0. The van der Waals surface area contributed by atoms with Gasteiger partial charge in [0.1, 0.15) is 13.2 Å². The Hall–Kier alpha value is -0.0600. The molecule has 0 radical (unpaired) electrons. The van der Waals surface area contributed by atoms with Gasteiger partial charge in [-0.05, 0) is 25.7 Å². The number of hydrogen-bond acceptors (Lipinski definition) is 5. The van der Waals surface area contributed by atoms with Crippen molar-refractivity contribution in [2.24, 2.45) is 11.5 Å². The molecular weight excluding hydrogens is 251 g/mol. The summed E-state index contributed by atoms with van der Waals surface area (Å²) in [5, 5.41) is 0. The zero-order valence-electron chi connectivity index (χ0n) is 12.1. The number of hydrogen-bond donors (Lipinski definition) is 2. The molecule has 4 N–H and O–H groups in total. The summed E-state index contributed by atoms with van der Waals surface area (Å²) >= 11 is 0. The van der Waals surface area contributed by atoms with Crippen LogP contribution >= 0.6 is 8.25 Å². The Balaban J connectivity index is 4.06. The van der Waals surface area contributed by atoms with E-state index in [1.54, 1.807) is 0 Å². The fraction of sp³-hybridized carbons (Fsp3) is 1.00. The Morgan fingerprint density at radius 1 is 0.833 bits per heavy atom. The smallest absolute Gasteiger partial charge is 0.323 e. The molecule has 0 bridgehead atoms. The van der Waals surface area contributed by atoms with Crippen molar-refractivity contribution in [3.05, 3.63) is 0 Å². The largest absolute Gasteiger partial charge is 0.697 e. The lowest BCUT2D eigenvalue weighted by Gasteiger charge is -2.24. The summed E-state index contributed by atoms with van der Waals surface area (Å²) < 4.78 is 22.0. The summed E-state index contributed by atoms with van der Waals surface area (Å²) in [7, 11) is -2.14. The molecule has 0 aromatic rings. The highest BCUT2D eigenvalue weighted by Crippen LogP contribution is 2.29. The molecule has 0 aromatic carbocycles. The molecule has 6 heteroatoms. The maximum Gasteiger partial charge on any atom is 0.697 e. The van der Waals surface area contributed by atoms with Gasteiger partial charge in [-0.3, -0.25) is 0 Å². The van der Waals surface area contributed by atoms with E-state index in [1.165, 1.54) is 0 Å². The molecule has 0 saturated carbocycles. The molecule has 0 amide bonds. The Bertz CT molecular complexity index is 230. The number of nitrogens with two attached hydrogens (primary N) is 2. The molecule has 0 heterocycles. The third-order valence-electron chi connectivity index (χ3n) is 3.73. The lowest BCUT2D eigenvalue weighted by atomic mass is 9.96. The maximum absolute atomic E-state index is 11.6. The van der Waals surface area contributed by atoms with Crippen molar-refractivity contribution in [2.75, 3.05) is 13.2 Å². The lowest BCUT2D eigenvalue weighted by Crippen LogP contribution is -2.43. The van der Waals surface area contributed by atoms with Crippen molar-refractivity contribution in [3.8, 4) is 0 Å². The molecule has 0 aliphatic carbocycles. The molecule has 0 spiro atoms. The fourth-order valence-corrected chi connectivity index (χ4v) is 2.11. The van der Waals surface area contributed by atoms with Gasteiger partial charge >= 0.3 is 8.25 Å². The van der Waals surface area contributed by atoms with Crippen molar-refractivity contribution in [2.45, 2.75) is 64.5 Å². The standard InChI is InChI=1S/C12H28N2O3P/c1-5-11(13,6-2)9-16-18(15)17-10-12(14,7-3)8-4/h5-10,13-14H2,1-4H3/q+1. The van der Waals surface area contributed by atoms with Gasteiger partial charge in [0, 0.05) is 15.6 Å². The second kappa shape index (κ2) is 8.18. The molecule has 0 unspecified atom stereocenters. The minimum absolute atomic E-state index is 0.241. The minimum Gasteiger partial charge on any atom is -0.323 e. The normalized spacial score (nSPS) is 12.8. The summed E-state index contributed by atoms with van der Waals surface area (Å²) in [6.07, 6.45) is 3.10. The molecular formula is C12H28N2O3P+. The Labute approximate surface area is 112 Å². The minimum atomic E-state index is -2.14. The van der Waals surface area contributed by atoms with Crippen LogP contribution in [0.15, 0.2) is 0 Å². The highest BCUT2D eigenvalue weighted by atomic mass is 31.1. The van der Waals surface area contributed by atoms with Crippen LogP contribution in [0.3, 0.4) is 0 Å². The van der Waals surface area contributed by atoms with Crippen LogP contribution in [0.4, 0.5) is 0 Å². The van der Waals surface area contributed by atoms with Crippen molar-refractivity contribution in [1.29, 1.82) is 0 Å². The first kappa shape index (κ1) is 17.9. The molecule has 18 heavy (non-hydrogen) atoms. The van der Waals surface area contributed by atoms with Gasteiger partial charge in [-0.1, -0.05) is 27.7 Å². The van der Waals surface area contributed by atoms with Crippen molar-refractivity contribution >= 4 is 8.25 Å². The van der Waals surface area contributed by atoms with E-state index in [1.807, 2.05) is 27.7 Å². The summed E-state index contributed by atoms with van der Waals surface area (Å²) in [5.74, 6) is 0. The summed E-state index contributed by atoms with van der Waals surface area (Å²) in [5.41, 5.74) is 11.2. The molecule has 108 valence electrons. The van der Waals surface area contributed by atoms with Gasteiger partial charge in [0.2, 0.25) is 0 Å². The SMILES string of the molecule is CCC(N)(CC)CO[P+](=O)OCC(N)(CC)CC. The molecule has 0 saturated heterocycles. The first-order valence-corrected chi connectivity index (χ1v) is 7.75. The van der Waals surface area contributed by atoms with Gasteiger partial charge in [-0.2, -0.15) is 0 Å². The van der Waals surface area contributed by atoms with Crippen LogP contribution in [0, 0.1) is 0 Å². The second-order valence-corrected chi connectivity index (χ2v) is 5.87. The third kappa shape index (κ3) is 6.21. The van der Waals surface area contributed by atoms with Crippen LogP contribution in [-0.2, 0) is 13.6 Å². The second-order valence-electron chi connectivity index (χ2n) is 4.91. The van der Waals surface area contributed by atoms with Crippen LogP contribution in [0.25, 0.3) is 0 Å². The van der Waals surface area contributed by atoms with Gasteiger partial charge < -0.3 is 11.5 Å². The summed E-state index contributed by atoms with van der Waals surface area (Å²) in [4.78, 5) is 0. The van der Waals surface area contributed by atoms with E-state index in [2.05, 4.69) is 0 Å². The van der Waals surface area contributed by atoms with Gasteiger partial charge in [0.05, 0.1) is 0 Å². The predicted octanol–water partition coefficient (Wildman–Crippen LogP) is 2.71. The van der Waals surface area contributed by atoms with Crippen molar-refractivity contribution in [1.82, 2.24) is 0 Å². The quantitative estimate of drug-likeness (QED) is 0.600. The van der Waals surface area contributed by atoms with Crippen LogP contribution in [0.2, 0.25) is 0 Å². The molecule has 0 fully saturated rings. The lowest BCUT2D eigenvalue weighted by molar-refractivity contribution is 0.148. The van der Waals surface area contributed by atoms with Gasteiger partial charge in [-0.25, -0.2) is 0 Å². The summed E-state index contributed by atoms with van der Waals surface area (Å²) in [6, 6.07) is 0. The Morgan fingerprint density at radius 3 is 1.33 bits per heavy atom. The van der Waals surface area contributed by atoms with Crippen molar-refractivity contribution in [3.63, 3.8) is 0 Å². The van der Waals surface area contributed by atoms with E-state index in [0.29, 0.717) is 0 Å².